The van der Waals surface area contributed by atoms with Crippen LogP contribution in [0.4, 0.5) is 4.79 Å². The zero-order valence-corrected chi connectivity index (χ0v) is 27.0. The van der Waals surface area contributed by atoms with Crippen LogP contribution in [0, 0.1) is 5.92 Å². The molecule has 2 aromatic rings. The van der Waals surface area contributed by atoms with E-state index < -0.39 is 30.1 Å². The molecule has 0 bridgehead atoms. The molecule has 3 amide bonds. The summed E-state index contributed by atoms with van der Waals surface area (Å²) in [5, 5.41) is 15.2. The van der Waals surface area contributed by atoms with E-state index in [-0.39, 0.29) is 56.9 Å². The van der Waals surface area contributed by atoms with Crippen molar-refractivity contribution in [2.24, 2.45) is 5.92 Å². The second-order valence-corrected chi connectivity index (χ2v) is 12.1. The van der Waals surface area contributed by atoms with E-state index in [0.717, 1.165) is 24.0 Å². The molecule has 10 nitrogen and oxygen atoms in total. The zero-order chi connectivity index (χ0) is 33.1. The van der Waals surface area contributed by atoms with Crippen molar-refractivity contribution in [1.82, 2.24) is 15.5 Å². The highest BCUT2D eigenvalue weighted by Crippen LogP contribution is 2.21. The van der Waals surface area contributed by atoms with Crippen LogP contribution in [0.1, 0.15) is 43.2 Å². The molecule has 1 fully saturated rings. The van der Waals surface area contributed by atoms with E-state index in [1.54, 1.807) is 22.7 Å². The summed E-state index contributed by atoms with van der Waals surface area (Å²) < 4.78 is 10.9. The Balaban J connectivity index is 1.62. The Morgan fingerprint density at radius 3 is 2.28 bits per heavy atom. The first-order valence-corrected chi connectivity index (χ1v) is 16.7. The number of aliphatic hydroxyl groups excluding tert-OH is 1. The number of hydrogen-bond acceptors (Lipinski definition) is 8. The van der Waals surface area contributed by atoms with Gasteiger partial charge in [-0.1, -0.05) is 72.8 Å². The first kappa shape index (κ1) is 36.4. The average molecular weight is 652 g/mol. The molecule has 46 heavy (non-hydrogen) atoms. The molecule has 4 atom stereocenters. The third kappa shape index (κ3) is 12.4. The van der Waals surface area contributed by atoms with Gasteiger partial charge in [0.25, 0.3) is 0 Å². The van der Waals surface area contributed by atoms with E-state index in [1.165, 1.54) is 6.08 Å². The number of esters is 1. The van der Waals surface area contributed by atoms with Crippen LogP contribution >= 0.6 is 11.8 Å². The summed E-state index contributed by atoms with van der Waals surface area (Å²) in [6.07, 6.45) is 4.27. The predicted octanol–water partition coefficient (Wildman–Crippen LogP) is 4.38. The number of rotatable bonds is 19. The van der Waals surface area contributed by atoms with Gasteiger partial charge in [-0.05, 0) is 36.8 Å². The Bertz CT molecular complexity index is 1280. The lowest BCUT2D eigenvalue weighted by Gasteiger charge is -2.26. The molecular weight excluding hydrogens is 606 g/mol. The molecule has 0 saturated carbocycles. The highest BCUT2D eigenvalue weighted by atomic mass is 32.2. The summed E-state index contributed by atoms with van der Waals surface area (Å²) >= 11 is 1.57. The molecule has 248 valence electrons. The fourth-order valence-corrected chi connectivity index (χ4v) is 6.09. The smallest absolute Gasteiger partial charge is 0.408 e. The van der Waals surface area contributed by atoms with Gasteiger partial charge in [-0.15, -0.1) is 13.2 Å². The van der Waals surface area contributed by atoms with Crippen LogP contribution in [0.2, 0.25) is 0 Å². The van der Waals surface area contributed by atoms with Gasteiger partial charge in [0.1, 0.15) is 19.3 Å². The van der Waals surface area contributed by atoms with Crippen LogP contribution in [-0.4, -0.2) is 77.5 Å². The summed E-state index contributed by atoms with van der Waals surface area (Å²) in [6, 6.07) is 17.2. The largest absolute Gasteiger partial charge is 0.462 e. The SMILES string of the molecule is C=CC[C@@H](CC(=O)N1CCC[C@H]1CO)C(=O)N[C@H](COC(=O)[C@@H](CC=C)NC(=O)OCc1ccccc1)CSCc1ccccc1. The molecule has 0 aliphatic carbocycles. The van der Waals surface area contributed by atoms with Gasteiger partial charge in [0.15, 0.2) is 0 Å². The maximum absolute atomic E-state index is 13.5. The van der Waals surface area contributed by atoms with E-state index in [0.29, 0.717) is 18.1 Å². The lowest BCUT2D eigenvalue weighted by atomic mass is 9.98. The van der Waals surface area contributed by atoms with Crippen LogP contribution in [0.5, 0.6) is 0 Å². The lowest BCUT2D eigenvalue weighted by Crippen LogP contribution is -2.47. The number of nitrogens with zero attached hydrogens (tertiary/aromatic N) is 1. The third-order valence-corrected chi connectivity index (χ3v) is 8.72. The molecule has 11 heteroatoms. The Morgan fingerprint density at radius 2 is 1.63 bits per heavy atom. The highest BCUT2D eigenvalue weighted by Gasteiger charge is 2.32. The molecule has 2 aromatic carbocycles. The number of nitrogens with one attached hydrogen (secondary N) is 2. The minimum absolute atomic E-state index is 0.0194. The van der Waals surface area contributed by atoms with Crippen molar-refractivity contribution in [2.75, 3.05) is 25.5 Å². The molecule has 0 radical (unpaired) electrons. The number of aliphatic hydroxyl groups is 1. The number of allylic oxidation sites excluding steroid dienone is 1. The third-order valence-electron chi connectivity index (χ3n) is 7.55. The molecule has 1 saturated heterocycles. The number of hydrogen-bond donors (Lipinski definition) is 3. The molecular formula is C35H45N3O7S. The van der Waals surface area contributed by atoms with E-state index in [4.69, 9.17) is 9.47 Å². The summed E-state index contributed by atoms with van der Waals surface area (Å²) in [7, 11) is 0. The summed E-state index contributed by atoms with van der Waals surface area (Å²) in [6.45, 7) is 7.78. The number of carbonyl (C=O) groups excluding carboxylic acids is 4. The monoisotopic (exact) mass is 651 g/mol. The van der Waals surface area contributed by atoms with Crippen molar-refractivity contribution < 1.29 is 33.8 Å². The van der Waals surface area contributed by atoms with Gasteiger partial charge in [-0.2, -0.15) is 11.8 Å². The number of ether oxygens (including phenoxy) is 2. The molecule has 1 aliphatic heterocycles. The van der Waals surface area contributed by atoms with Crippen molar-refractivity contribution in [3.63, 3.8) is 0 Å². The fraction of sp³-hybridized carbons (Fsp3) is 0.429. The van der Waals surface area contributed by atoms with Crippen molar-refractivity contribution in [3.8, 4) is 0 Å². The molecule has 3 N–H and O–H groups in total. The van der Waals surface area contributed by atoms with E-state index >= 15 is 0 Å². The Hall–Kier alpha value is -4.09. The van der Waals surface area contributed by atoms with Crippen LogP contribution in [0.3, 0.4) is 0 Å². The number of carbonyl (C=O) groups is 4. The van der Waals surface area contributed by atoms with E-state index in [2.05, 4.69) is 23.8 Å². The molecule has 3 rings (SSSR count). The van der Waals surface area contributed by atoms with Gasteiger partial charge >= 0.3 is 12.1 Å². The fourth-order valence-electron chi connectivity index (χ4n) is 5.08. The first-order chi connectivity index (χ1) is 22.3. The minimum Gasteiger partial charge on any atom is -0.462 e. The highest BCUT2D eigenvalue weighted by molar-refractivity contribution is 7.98. The van der Waals surface area contributed by atoms with Crippen molar-refractivity contribution in [3.05, 3.63) is 97.1 Å². The summed E-state index contributed by atoms with van der Waals surface area (Å²) in [4.78, 5) is 53.7. The maximum Gasteiger partial charge on any atom is 0.408 e. The molecule has 0 spiro atoms. The Kier molecular flexibility index (Phi) is 15.9. The van der Waals surface area contributed by atoms with E-state index in [9.17, 15) is 24.3 Å². The van der Waals surface area contributed by atoms with Gasteiger partial charge in [-0.25, -0.2) is 9.59 Å². The van der Waals surface area contributed by atoms with Gasteiger partial charge in [-0.3, -0.25) is 9.59 Å². The summed E-state index contributed by atoms with van der Waals surface area (Å²) in [5.74, 6) is -0.777. The van der Waals surface area contributed by atoms with Gasteiger partial charge < -0.3 is 30.1 Å². The molecule has 0 unspecified atom stereocenters. The summed E-state index contributed by atoms with van der Waals surface area (Å²) in [5.41, 5.74) is 1.91. The predicted molar refractivity (Wildman–Crippen MR) is 179 cm³/mol. The Morgan fingerprint density at radius 1 is 0.957 bits per heavy atom. The quantitative estimate of drug-likeness (QED) is 0.151. The van der Waals surface area contributed by atoms with Crippen LogP contribution < -0.4 is 10.6 Å². The van der Waals surface area contributed by atoms with Crippen LogP contribution in [0.15, 0.2) is 86.0 Å². The number of alkyl carbamates (subject to hydrolysis) is 1. The number of thioether (sulfide) groups is 1. The van der Waals surface area contributed by atoms with Gasteiger partial charge in [0.05, 0.1) is 24.6 Å². The zero-order valence-electron chi connectivity index (χ0n) is 26.2. The lowest BCUT2D eigenvalue weighted by molar-refractivity contribution is -0.147. The van der Waals surface area contributed by atoms with Crippen molar-refractivity contribution in [2.45, 2.75) is 62.6 Å². The van der Waals surface area contributed by atoms with E-state index in [1.807, 2.05) is 60.7 Å². The Labute approximate surface area is 275 Å². The standard InChI is InChI=1S/C35H45N3O7S/c1-3-12-28(20-32(40)38-19-11-18-30(38)21-39)33(41)36-29(25-46-24-27-16-9-6-10-17-27)23-44-34(42)31(13-4-2)37-35(43)45-22-26-14-7-5-8-15-26/h3-10,14-17,28-31,39H,1-2,11-13,18-25H2,(H,36,41)(H,37,43)/t28-,29+,30-,31+/m0/s1. The number of benzene rings is 2. The minimum atomic E-state index is -1.03. The normalized spacial score (nSPS) is 16.0. The second kappa shape index (κ2) is 20.1. The van der Waals surface area contributed by atoms with Crippen LogP contribution in [-0.2, 0) is 36.2 Å². The van der Waals surface area contributed by atoms with Gasteiger partial charge in [0.2, 0.25) is 11.8 Å². The number of likely N-dealkylation sites (tertiary alicyclic amines) is 1. The number of amides is 3. The van der Waals surface area contributed by atoms with Crippen molar-refractivity contribution >= 4 is 35.6 Å². The average Bonchev–Trinajstić information content (AvgIpc) is 3.56. The topological polar surface area (TPSA) is 134 Å². The first-order valence-electron chi connectivity index (χ1n) is 15.5. The van der Waals surface area contributed by atoms with Crippen LogP contribution in [0.25, 0.3) is 0 Å². The molecule has 1 heterocycles. The molecule has 1 aliphatic rings. The molecule has 0 aromatic heterocycles. The maximum atomic E-state index is 13.5. The van der Waals surface area contributed by atoms with Crippen molar-refractivity contribution in [1.29, 1.82) is 0 Å². The van der Waals surface area contributed by atoms with Gasteiger partial charge in [0, 0.05) is 24.5 Å². The second-order valence-electron chi connectivity index (χ2n) is 11.1.